The quantitative estimate of drug-likeness (QED) is 0.300. The molecule has 1 heterocycles. The predicted molar refractivity (Wildman–Crippen MR) is 158 cm³/mol. The molecule has 200 valence electrons. The molecule has 39 heavy (non-hydrogen) atoms. The maximum absolute atomic E-state index is 14.1. The van der Waals surface area contributed by atoms with Crippen LogP contribution in [0.3, 0.4) is 0 Å². The molecule has 2 aliphatic rings. The molecule has 0 saturated heterocycles. The van der Waals surface area contributed by atoms with E-state index in [2.05, 4.69) is 29.8 Å². The number of hydrogen-bond acceptors (Lipinski definition) is 5. The average Bonchev–Trinajstić information content (AvgIpc) is 2.92. The van der Waals surface area contributed by atoms with Crippen LogP contribution >= 0.6 is 15.9 Å². The van der Waals surface area contributed by atoms with E-state index in [1.165, 1.54) is 0 Å². The number of nitrogens with zero attached hydrogens (tertiary/aromatic N) is 1. The molecular weight excluding hydrogens is 556 g/mol. The van der Waals surface area contributed by atoms with Crippen molar-refractivity contribution >= 4 is 39.0 Å². The van der Waals surface area contributed by atoms with Crippen molar-refractivity contribution in [3.63, 3.8) is 0 Å². The topological polar surface area (TPSA) is 82.8 Å². The Kier molecular flexibility index (Phi) is 7.12. The van der Waals surface area contributed by atoms with E-state index in [4.69, 9.17) is 9.47 Å². The largest absolute Gasteiger partial charge is 0.507 e. The summed E-state index contributed by atoms with van der Waals surface area (Å²) >= 11 is 3.50. The molecule has 0 amide bonds. The van der Waals surface area contributed by atoms with E-state index in [1.807, 2.05) is 53.4 Å². The average molecular weight is 588 g/mol. The number of ketones is 1. The lowest BCUT2D eigenvalue weighted by molar-refractivity contribution is -0.118. The molecule has 0 saturated carbocycles. The molecule has 7 heteroatoms. The summed E-state index contributed by atoms with van der Waals surface area (Å²) in [6.45, 7) is 4.15. The van der Waals surface area contributed by atoms with E-state index in [9.17, 15) is 15.3 Å². The predicted octanol–water partition coefficient (Wildman–Crippen LogP) is 7.66. The van der Waals surface area contributed by atoms with Crippen LogP contribution in [0.4, 0.5) is 5.69 Å². The number of rotatable bonds is 5. The van der Waals surface area contributed by atoms with E-state index < -0.39 is 5.92 Å². The molecule has 1 atom stereocenters. The fraction of sp³-hybridized carbons (Fsp3) is 0.250. The number of ether oxygens (including phenoxy) is 2. The Balaban J connectivity index is 1.89. The summed E-state index contributed by atoms with van der Waals surface area (Å²) in [5, 5.41) is 21.4. The van der Waals surface area contributed by atoms with Crippen LogP contribution in [0.15, 0.2) is 94.1 Å². The Labute approximate surface area is 237 Å². The number of anilines is 1. The first-order valence-electron chi connectivity index (χ1n) is 12.8. The van der Waals surface area contributed by atoms with E-state index in [1.54, 1.807) is 38.5 Å². The second-order valence-electron chi connectivity index (χ2n) is 10.6. The first-order chi connectivity index (χ1) is 18.6. The number of allylic oxidation sites excluding steroid dienone is 2. The van der Waals surface area contributed by atoms with Crippen LogP contribution in [-0.4, -0.2) is 30.9 Å². The van der Waals surface area contributed by atoms with E-state index in [0.29, 0.717) is 46.6 Å². The lowest BCUT2D eigenvalue weighted by Crippen LogP contribution is -2.45. The second-order valence-corrected chi connectivity index (χ2v) is 11.5. The third kappa shape index (κ3) is 4.87. The van der Waals surface area contributed by atoms with Crippen molar-refractivity contribution in [3.8, 4) is 11.5 Å². The minimum absolute atomic E-state index is 0.0101. The van der Waals surface area contributed by atoms with Gasteiger partial charge in [0.25, 0.3) is 0 Å². The fourth-order valence-electron chi connectivity index (χ4n) is 5.62. The minimum Gasteiger partial charge on any atom is -0.507 e. The van der Waals surface area contributed by atoms with Crippen molar-refractivity contribution in [3.05, 3.63) is 105 Å². The molecule has 5 rings (SSSR count). The molecule has 3 aromatic carbocycles. The van der Waals surface area contributed by atoms with Crippen molar-refractivity contribution in [1.29, 1.82) is 5.41 Å². The molecule has 0 unspecified atom stereocenters. The molecule has 0 spiro atoms. The zero-order valence-corrected chi connectivity index (χ0v) is 24.0. The number of hydrogen-bond donors (Lipinski definition) is 2. The Morgan fingerprint density at radius 3 is 2.33 bits per heavy atom. The van der Waals surface area contributed by atoms with Gasteiger partial charge in [0.2, 0.25) is 0 Å². The summed E-state index contributed by atoms with van der Waals surface area (Å²) in [5.74, 6) is 0.460. The van der Waals surface area contributed by atoms with Gasteiger partial charge in [0.15, 0.2) is 5.78 Å². The Bertz CT molecular complexity index is 1510. The number of aliphatic hydroxyl groups excluding tert-OH is 1. The molecule has 0 aromatic heterocycles. The standard InChI is InChI=1S/C32H31BrN2O4/c1-32(2)17-24-28(25(36)18-32)27(23-16-22(38-3)14-15-26(23)39-4)29(30(37)19-8-6-5-7-9-19)31(34)35(24)21-12-10-20(33)11-13-21/h5-16,27,34,37H,17-18H2,1-4H3/t27-/m0/s1. The van der Waals surface area contributed by atoms with Gasteiger partial charge in [0.05, 0.1) is 20.1 Å². The molecule has 2 N–H and O–H groups in total. The number of nitrogens with one attached hydrogen (secondary N) is 1. The Hall–Kier alpha value is -3.84. The second kappa shape index (κ2) is 10.4. The normalized spacial score (nSPS) is 20.0. The number of methoxy groups -OCH3 is 2. The molecule has 6 nitrogen and oxygen atoms in total. The lowest BCUT2D eigenvalue weighted by Gasteiger charge is -2.45. The minimum atomic E-state index is -0.729. The molecular formula is C32H31BrN2O4. The van der Waals surface area contributed by atoms with Gasteiger partial charge in [-0.3, -0.25) is 15.1 Å². The van der Waals surface area contributed by atoms with Crippen molar-refractivity contribution < 1.29 is 19.4 Å². The molecule has 0 radical (unpaired) electrons. The third-order valence-corrected chi connectivity index (χ3v) is 7.89. The summed E-state index contributed by atoms with van der Waals surface area (Å²) in [4.78, 5) is 15.9. The van der Waals surface area contributed by atoms with Gasteiger partial charge in [-0.15, -0.1) is 0 Å². The summed E-state index contributed by atoms with van der Waals surface area (Å²) < 4.78 is 12.2. The first kappa shape index (κ1) is 26.8. The van der Waals surface area contributed by atoms with Crippen LogP contribution in [0.1, 0.15) is 43.7 Å². The highest BCUT2D eigenvalue weighted by Crippen LogP contribution is 2.53. The van der Waals surface area contributed by atoms with Gasteiger partial charge in [0.1, 0.15) is 23.1 Å². The van der Waals surface area contributed by atoms with E-state index >= 15 is 0 Å². The van der Waals surface area contributed by atoms with Gasteiger partial charge in [-0.1, -0.05) is 60.1 Å². The van der Waals surface area contributed by atoms with Gasteiger partial charge in [-0.25, -0.2) is 0 Å². The van der Waals surface area contributed by atoms with Gasteiger partial charge in [-0.2, -0.15) is 0 Å². The Morgan fingerprint density at radius 2 is 1.69 bits per heavy atom. The van der Waals surface area contributed by atoms with Crippen molar-refractivity contribution in [1.82, 2.24) is 0 Å². The number of halogens is 1. The molecule has 1 aliphatic carbocycles. The number of amidine groups is 1. The smallest absolute Gasteiger partial charge is 0.162 e. The van der Waals surface area contributed by atoms with Gasteiger partial charge in [-0.05, 0) is 54.3 Å². The molecule has 0 fully saturated rings. The van der Waals surface area contributed by atoms with Gasteiger partial charge in [0, 0.05) is 44.6 Å². The highest BCUT2D eigenvalue weighted by atomic mass is 79.9. The number of carbonyl (C=O) groups is 1. The highest BCUT2D eigenvalue weighted by molar-refractivity contribution is 9.10. The zero-order chi connectivity index (χ0) is 27.9. The summed E-state index contributed by atoms with van der Waals surface area (Å²) in [5.41, 5.74) is 3.34. The van der Waals surface area contributed by atoms with Crippen molar-refractivity contribution in [2.75, 3.05) is 19.1 Å². The maximum atomic E-state index is 14.1. The van der Waals surface area contributed by atoms with Crippen molar-refractivity contribution in [2.24, 2.45) is 5.41 Å². The maximum Gasteiger partial charge on any atom is 0.162 e. The summed E-state index contributed by atoms with van der Waals surface area (Å²) in [6.07, 6.45) is 0.949. The van der Waals surface area contributed by atoms with E-state index in [-0.39, 0.29) is 22.8 Å². The van der Waals surface area contributed by atoms with Crippen LogP contribution < -0.4 is 14.4 Å². The number of carbonyl (C=O) groups excluding carboxylic acids is 1. The van der Waals surface area contributed by atoms with Gasteiger partial charge >= 0.3 is 0 Å². The SMILES string of the molecule is COc1ccc(OC)c([C@@H]2C(=C(O)c3ccccc3)C(=N)N(c3ccc(Br)cc3)C3=C2C(=O)CC(C)(C)C3)c1. The zero-order valence-electron chi connectivity index (χ0n) is 22.4. The fourth-order valence-corrected chi connectivity index (χ4v) is 5.88. The number of aliphatic hydroxyl groups is 1. The summed E-state index contributed by atoms with van der Waals surface area (Å²) in [6, 6.07) is 22.2. The third-order valence-electron chi connectivity index (χ3n) is 7.36. The van der Waals surface area contributed by atoms with Crippen LogP contribution in [0.25, 0.3) is 5.76 Å². The first-order valence-corrected chi connectivity index (χ1v) is 13.6. The molecule has 3 aromatic rings. The van der Waals surface area contributed by atoms with Crippen LogP contribution in [0, 0.1) is 10.8 Å². The number of Topliss-reactive ketones (excluding diaryl/α,β-unsaturated/α-hetero) is 1. The van der Waals surface area contributed by atoms with E-state index in [0.717, 1.165) is 15.9 Å². The highest BCUT2D eigenvalue weighted by Gasteiger charge is 2.47. The van der Waals surface area contributed by atoms with Crippen LogP contribution in [-0.2, 0) is 4.79 Å². The Morgan fingerprint density at radius 1 is 1.00 bits per heavy atom. The molecule has 1 aliphatic heterocycles. The van der Waals surface area contributed by atoms with Crippen LogP contribution in [0.2, 0.25) is 0 Å². The summed E-state index contributed by atoms with van der Waals surface area (Å²) in [7, 11) is 3.16. The number of benzene rings is 3. The van der Waals surface area contributed by atoms with Crippen molar-refractivity contribution in [2.45, 2.75) is 32.6 Å². The monoisotopic (exact) mass is 586 g/mol. The molecule has 0 bridgehead atoms. The van der Waals surface area contributed by atoms with Gasteiger partial charge < -0.3 is 14.6 Å². The lowest BCUT2D eigenvalue weighted by atomic mass is 9.67. The van der Waals surface area contributed by atoms with Crippen LogP contribution in [0.5, 0.6) is 11.5 Å².